The topological polar surface area (TPSA) is 197 Å². The molecular formula is C24H25NO11. The fraction of sp³-hybridized carbons (Fsp3) is 0.333. The number of hydrogen-bond acceptors (Lipinski definition) is 10. The molecule has 36 heavy (non-hydrogen) atoms. The Labute approximate surface area is 204 Å². The molecule has 2 aromatic carbocycles. The first kappa shape index (κ1) is 25.4. The molecule has 192 valence electrons. The molecule has 4 rings (SSSR count). The number of aliphatic hydroxyl groups is 4. The first-order valence-electron chi connectivity index (χ1n) is 11.0. The second kappa shape index (κ2) is 10.1. The van der Waals surface area contributed by atoms with Crippen LogP contribution in [0.2, 0.25) is 0 Å². The van der Waals surface area contributed by atoms with Gasteiger partial charge in [-0.15, -0.1) is 0 Å². The number of nitrogens with zero attached hydrogens (tertiary/aromatic N) is 1. The number of hydrogen-bond donors (Lipinski definition) is 7. The summed E-state index contributed by atoms with van der Waals surface area (Å²) in [7, 11) is 0. The summed E-state index contributed by atoms with van der Waals surface area (Å²) in [6, 6.07) is 7.16. The third-order valence-corrected chi connectivity index (χ3v) is 6.07. The first-order chi connectivity index (χ1) is 17.1. The van der Waals surface area contributed by atoms with E-state index in [0.29, 0.717) is 11.1 Å². The number of rotatable bonds is 6. The van der Waals surface area contributed by atoms with Crippen molar-refractivity contribution in [2.45, 2.75) is 43.2 Å². The van der Waals surface area contributed by atoms with Gasteiger partial charge in [0.15, 0.2) is 11.5 Å². The molecule has 6 atom stereocenters. The van der Waals surface area contributed by atoms with Crippen LogP contribution in [-0.2, 0) is 20.7 Å². The van der Waals surface area contributed by atoms with Crippen LogP contribution in [0.15, 0.2) is 42.5 Å². The predicted molar refractivity (Wildman–Crippen MR) is 122 cm³/mol. The van der Waals surface area contributed by atoms with Crippen LogP contribution in [0.1, 0.15) is 11.1 Å². The van der Waals surface area contributed by atoms with E-state index in [1.807, 2.05) is 0 Å². The number of benzene rings is 2. The number of carbonyl (C=O) groups is 2. The van der Waals surface area contributed by atoms with E-state index in [0.717, 1.165) is 4.90 Å². The lowest BCUT2D eigenvalue weighted by atomic mass is 9.99. The number of aromatic hydroxyl groups is 2. The Morgan fingerprint density at radius 1 is 1.06 bits per heavy atom. The van der Waals surface area contributed by atoms with Gasteiger partial charge in [-0.3, -0.25) is 9.69 Å². The van der Waals surface area contributed by atoms with Crippen LogP contribution in [0.3, 0.4) is 0 Å². The molecule has 1 fully saturated rings. The fourth-order valence-electron chi connectivity index (χ4n) is 4.14. The number of anilines is 1. The first-order valence-corrected chi connectivity index (χ1v) is 11.0. The van der Waals surface area contributed by atoms with Gasteiger partial charge in [-0.1, -0.05) is 12.1 Å². The lowest BCUT2D eigenvalue weighted by Gasteiger charge is -2.39. The smallest absolute Gasteiger partial charge is 0.327 e. The molecule has 7 N–H and O–H groups in total. The van der Waals surface area contributed by atoms with E-state index in [9.17, 15) is 45.3 Å². The number of fused-ring (bicyclic) bond motifs is 1. The van der Waals surface area contributed by atoms with Crippen molar-refractivity contribution in [2.75, 3.05) is 11.5 Å². The van der Waals surface area contributed by atoms with Crippen LogP contribution in [0.5, 0.6) is 17.2 Å². The van der Waals surface area contributed by atoms with Crippen LogP contribution >= 0.6 is 0 Å². The second-order valence-corrected chi connectivity index (χ2v) is 8.46. The van der Waals surface area contributed by atoms with Crippen LogP contribution in [0, 0.1) is 0 Å². The number of carboxylic acid groups (broad SMARTS) is 1. The zero-order valence-electron chi connectivity index (χ0n) is 18.7. The Balaban J connectivity index is 1.63. The zero-order chi connectivity index (χ0) is 26.1. The SMILES string of the molecule is O=C(O)[C@@H]1Cc2cc(O)c(O[C@@H]3O[C@H](CO)[C@@H](O)[C@H](O)[C@H]3O)cc2N1C(=O)/C=C\c1ccc(O)cc1. The minimum atomic E-state index is -1.74. The number of aliphatic carboxylic acids is 1. The van der Waals surface area contributed by atoms with Crippen LogP contribution < -0.4 is 9.64 Å². The van der Waals surface area contributed by atoms with Crippen molar-refractivity contribution in [1.82, 2.24) is 0 Å². The van der Waals surface area contributed by atoms with Crippen LogP contribution in [0.25, 0.3) is 6.08 Å². The summed E-state index contributed by atoms with van der Waals surface area (Å²) in [6.45, 7) is -0.684. The maximum atomic E-state index is 13.0. The molecule has 1 amide bonds. The third kappa shape index (κ3) is 4.85. The zero-order valence-corrected chi connectivity index (χ0v) is 18.7. The van der Waals surface area contributed by atoms with Crippen LogP contribution in [-0.4, -0.2) is 91.0 Å². The quantitative estimate of drug-likeness (QED) is 0.247. The van der Waals surface area contributed by atoms with Gasteiger partial charge < -0.3 is 45.2 Å². The monoisotopic (exact) mass is 503 g/mol. The van der Waals surface area contributed by atoms with E-state index in [1.165, 1.54) is 36.4 Å². The minimum Gasteiger partial charge on any atom is -0.508 e. The molecule has 2 heterocycles. The van der Waals surface area contributed by atoms with Crippen molar-refractivity contribution >= 4 is 23.6 Å². The lowest BCUT2D eigenvalue weighted by molar-refractivity contribution is -0.277. The largest absolute Gasteiger partial charge is 0.508 e. The molecule has 0 spiro atoms. The highest BCUT2D eigenvalue weighted by Crippen LogP contribution is 2.41. The molecule has 0 bridgehead atoms. The Hall–Kier alpha value is -3.68. The van der Waals surface area contributed by atoms with Gasteiger partial charge in [0.25, 0.3) is 5.91 Å². The van der Waals surface area contributed by atoms with Crippen molar-refractivity contribution in [3.8, 4) is 17.2 Å². The van der Waals surface area contributed by atoms with E-state index >= 15 is 0 Å². The molecule has 0 saturated carbocycles. The Morgan fingerprint density at radius 3 is 2.39 bits per heavy atom. The number of ether oxygens (including phenoxy) is 2. The Kier molecular flexibility index (Phi) is 7.15. The molecule has 0 radical (unpaired) electrons. The molecular weight excluding hydrogens is 478 g/mol. The number of carbonyl (C=O) groups excluding carboxylic acids is 1. The van der Waals surface area contributed by atoms with Gasteiger partial charge in [-0.25, -0.2) is 4.79 Å². The molecule has 0 aromatic heterocycles. The van der Waals surface area contributed by atoms with E-state index < -0.39 is 61.0 Å². The van der Waals surface area contributed by atoms with Gasteiger partial charge in [0, 0.05) is 18.6 Å². The Bertz CT molecular complexity index is 1160. The van der Waals surface area contributed by atoms with Crippen molar-refractivity contribution in [3.63, 3.8) is 0 Å². The van der Waals surface area contributed by atoms with E-state index in [-0.39, 0.29) is 23.6 Å². The lowest BCUT2D eigenvalue weighted by Crippen LogP contribution is -2.60. The van der Waals surface area contributed by atoms with Crippen LogP contribution in [0.4, 0.5) is 5.69 Å². The van der Waals surface area contributed by atoms with Crippen molar-refractivity contribution in [2.24, 2.45) is 0 Å². The predicted octanol–water partition coefficient (Wildman–Crippen LogP) is -0.668. The highest BCUT2D eigenvalue weighted by molar-refractivity contribution is 6.09. The standard InChI is InChI=1S/C24H25NO11/c26-10-18-20(30)21(31)22(32)24(36-18)35-17-9-14-12(8-16(17)28)7-15(23(33)34)25(14)19(29)6-3-11-1-4-13(27)5-2-11/h1-6,8-9,15,18,20-22,24,26-28,30-32H,7,10H2,(H,33,34)/b6-3-/t15-,18+,20+,21-,22+,24+/m0/s1. The number of phenolic OH excluding ortho intramolecular Hbond substituents is 2. The van der Waals surface area contributed by atoms with E-state index in [1.54, 1.807) is 12.1 Å². The number of amides is 1. The molecule has 1 saturated heterocycles. The maximum absolute atomic E-state index is 13.0. The molecule has 0 aliphatic carbocycles. The summed E-state index contributed by atoms with van der Waals surface area (Å²) >= 11 is 0. The van der Waals surface area contributed by atoms with Gasteiger partial charge in [-0.2, -0.15) is 0 Å². The van der Waals surface area contributed by atoms with Gasteiger partial charge in [0.2, 0.25) is 6.29 Å². The van der Waals surface area contributed by atoms with Crippen molar-refractivity contribution in [3.05, 3.63) is 53.6 Å². The van der Waals surface area contributed by atoms with Gasteiger partial charge in [0.1, 0.15) is 36.2 Å². The molecule has 12 heteroatoms. The van der Waals surface area contributed by atoms with Gasteiger partial charge in [0.05, 0.1) is 12.3 Å². The number of phenols is 2. The Morgan fingerprint density at radius 2 is 1.75 bits per heavy atom. The summed E-state index contributed by atoms with van der Waals surface area (Å²) in [5.74, 6) is -2.62. The number of carboxylic acids is 1. The summed E-state index contributed by atoms with van der Waals surface area (Å²) in [6.07, 6.45) is -5.37. The molecule has 2 aliphatic rings. The van der Waals surface area contributed by atoms with Crippen molar-refractivity contribution in [1.29, 1.82) is 0 Å². The van der Waals surface area contributed by atoms with Gasteiger partial charge in [-0.05, 0) is 35.4 Å². The second-order valence-electron chi connectivity index (χ2n) is 8.46. The average molecular weight is 503 g/mol. The summed E-state index contributed by atoms with van der Waals surface area (Å²) in [5, 5.41) is 69.0. The molecule has 2 aliphatic heterocycles. The van der Waals surface area contributed by atoms with Crippen molar-refractivity contribution < 1.29 is 54.8 Å². The van der Waals surface area contributed by atoms with E-state index in [2.05, 4.69) is 0 Å². The maximum Gasteiger partial charge on any atom is 0.327 e. The minimum absolute atomic E-state index is 0.0460. The highest BCUT2D eigenvalue weighted by Gasteiger charge is 2.45. The fourth-order valence-corrected chi connectivity index (χ4v) is 4.14. The third-order valence-electron chi connectivity index (χ3n) is 6.07. The summed E-state index contributed by atoms with van der Waals surface area (Å²) in [5.41, 5.74) is 1.08. The molecule has 0 unspecified atom stereocenters. The highest BCUT2D eigenvalue weighted by atomic mass is 16.7. The average Bonchev–Trinajstić information content (AvgIpc) is 3.22. The molecule has 2 aromatic rings. The van der Waals surface area contributed by atoms with Gasteiger partial charge >= 0.3 is 5.97 Å². The van der Waals surface area contributed by atoms with E-state index in [4.69, 9.17) is 9.47 Å². The normalized spacial score (nSPS) is 27.7. The number of aliphatic hydroxyl groups excluding tert-OH is 4. The summed E-state index contributed by atoms with van der Waals surface area (Å²) < 4.78 is 10.8. The molecule has 12 nitrogen and oxygen atoms in total. The summed E-state index contributed by atoms with van der Waals surface area (Å²) in [4.78, 5) is 25.9.